The molecule has 0 fully saturated rings. The summed E-state index contributed by atoms with van der Waals surface area (Å²) in [6.07, 6.45) is 2.08. The van der Waals surface area contributed by atoms with Gasteiger partial charge in [0.2, 0.25) is 0 Å². The standard InChI is InChI=1S/C11H13BrN2S.C2H6/c1-8(5-6-15-11(13)14)9-3-2-4-10(12)7-9;1-2/h2-5,7H,6H2,1H3,(H3,13,14);1-2H3/b8-5+;. The molecule has 0 aromatic heterocycles. The van der Waals surface area contributed by atoms with Gasteiger partial charge < -0.3 is 5.73 Å². The maximum Gasteiger partial charge on any atom is 0.151 e. The first kappa shape index (κ1) is 16.3. The summed E-state index contributed by atoms with van der Waals surface area (Å²) in [5, 5.41) is 7.24. The Morgan fingerprint density at radius 2 is 2.12 bits per heavy atom. The van der Waals surface area contributed by atoms with Crippen molar-refractivity contribution in [3.05, 3.63) is 40.4 Å². The van der Waals surface area contributed by atoms with E-state index in [1.807, 2.05) is 26.0 Å². The maximum atomic E-state index is 7.08. The van der Waals surface area contributed by atoms with Crippen LogP contribution < -0.4 is 5.73 Å². The van der Waals surface area contributed by atoms with Gasteiger partial charge in [0.25, 0.3) is 0 Å². The molecule has 0 amide bonds. The van der Waals surface area contributed by atoms with Crippen LogP contribution in [0.4, 0.5) is 0 Å². The van der Waals surface area contributed by atoms with Crippen LogP contribution in [0.2, 0.25) is 0 Å². The van der Waals surface area contributed by atoms with Crippen molar-refractivity contribution < 1.29 is 0 Å². The number of halogens is 1. The molecule has 1 aromatic carbocycles. The third kappa shape index (κ3) is 7.23. The largest absolute Gasteiger partial charge is 0.379 e. The molecule has 0 aliphatic carbocycles. The van der Waals surface area contributed by atoms with Gasteiger partial charge in [0.15, 0.2) is 5.17 Å². The van der Waals surface area contributed by atoms with E-state index in [0.29, 0.717) is 0 Å². The number of benzene rings is 1. The van der Waals surface area contributed by atoms with Crippen LogP contribution >= 0.6 is 27.7 Å². The first-order valence-electron chi connectivity index (χ1n) is 5.49. The van der Waals surface area contributed by atoms with Crippen molar-refractivity contribution in [3.63, 3.8) is 0 Å². The molecule has 1 aromatic rings. The molecule has 0 unspecified atom stereocenters. The first-order chi connectivity index (χ1) is 8.09. The Morgan fingerprint density at radius 1 is 1.47 bits per heavy atom. The molecule has 0 atom stereocenters. The third-order valence-corrected chi connectivity index (χ3v) is 3.05. The smallest absolute Gasteiger partial charge is 0.151 e. The monoisotopic (exact) mass is 314 g/mol. The molecular weight excluding hydrogens is 296 g/mol. The minimum absolute atomic E-state index is 0.160. The van der Waals surface area contributed by atoms with Gasteiger partial charge in [-0.2, -0.15) is 0 Å². The second-order valence-electron chi connectivity index (χ2n) is 3.07. The predicted molar refractivity (Wildman–Crippen MR) is 83.5 cm³/mol. The van der Waals surface area contributed by atoms with Crippen LogP contribution in [0.1, 0.15) is 26.3 Å². The van der Waals surface area contributed by atoms with Crippen molar-refractivity contribution >= 4 is 38.4 Å². The van der Waals surface area contributed by atoms with Gasteiger partial charge in [0.1, 0.15) is 0 Å². The number of hydrogen-bond donors (Lipinski definition) is 2. The maximum absolute atomic E-state index is 7.08. The molecule has 0 heterocycles. The van der Waals surface area contributed by atoms with Crippen LogP contribution in [0.5, 0.6) is 0 Å². The molecule has 17 heavy (non-hydrogen) atoms. The molecule has 2 nitrogen and oxygen atoms in total. The fourth-order valence-electron chi connectivity index (χ4n) is 1.11. The average Bonchev–Trinajstić information content (AvgIpc) is 2.31. The topological polar surface area (TPSA) is 49.9 Å². The highest BCUT2D eigenvalue weighted by molar-refractivity contribution is 9.10. The molecular formula is C13H19BrN2S. The number of nitrogens with one attached hydrogen (secondary N) is 1. The van der Waals surface area contributed by atoms with E-state index in [2.05, 4.69) is 41.1 Å². The molecule has 4 heteroatoms. The van der Waals surface area contributed by atoms with Crippen molar-refractivity contribution in [3.8, 4) is 0 Å². The fourth-order valence-corrected chi connectivity index (χ4v) is 2.02. The van der Waals surface area contributed by atoms with Crippen molar-refractivity contribution in [1.82, 2.24) is 0 Å². The number of thioether (sulfide) groups is 1. The lowest BCUT2D eigenvalue weighted by Crippen LogP contribution is -2.03. The Morgan fingerprint density at radius 3 is 2.65 bits per heavy atom. The second-order valence-corrected chi connectivity index (χ2v) is 5.05. The van der Waals surface area contributed by atoms with Gasteiger partial charge in [-0.15, -0.1) is 0 Å². The van der Waals surface area contributed by atoms with Gasteiger partial charge >= 0.3 is 0 Å². The average molecular weight is 315 g/mol. The number of nitrogens with two attached hydrogens (primary N) is 1. The van der Waals surface area contributed by atoms with Crippen LogP contribution in [0, 0.1) is 5.41 Å². The SMILES string of the molecule is C/C(=C\CSC(=N)N)c1cccc(Br)c1.CC. The van der Waals surface area contributed by atoms with E-state index >= 15 is 0 Å². The van der Waals surface area contributed by atoms with Gasteiger partial charge in [-0.1, -0.05) is 59.7 Å². The fraction of sp³-hybridized carbons (Fsp3) is 0.308. The van der Waals surface area contributed by atoms with Gasteiger partial charge in [0.05, 0.1) is 0 Å². The first-order valence-corrected chi connectivity index (χ1v) is 7.27. The Hall–Kier alpha value is -0.740. The Bertz CT molecular complexity index is 389. The Balaban J connectivity index is 0.00000121. The summed E-state index contributed by atoms with van der Waals surface area (Å²) in [7, 11) is 0. The van der Waals surface area contributed by atoms with Crippen LogP contribution in [-0.2, 0) is 0 Å². The molecule has 1 rings (SSSR count). The van der Waals surface area contributed by atoms with Crippen molar-refractivity contribution in [2.75, 3.05) is 5.75 Å². The van der Waals surface area contributed by atoms with E-state index in [1.54, 1.807) is 0 Å². The number of hydrogen-bond acceptors (Lipinski definition) is 2. The summed E-state index contributed by atoms with van der Waals surface area (Å²) in [5.74, 6) is 0.744. The molecule has 0 spiro atoms. The molecule has 0 bridgehead atoms. The minimum atomic E-state index is 0.160. The molecule has 0 radical (unpaired) electrons. The van der Waals surface area contributed by atoms with E-state index in [1.165, 1.54) is 22.9 Å². The third-order valence-electron chi connectivity index (χ3n) is 1.91. The van der Waals surface area contributed by atoms with E-state index in [0.717, 1.165) is 10.2 Å². The minimum Gasteiger partial charge on any atom is -0.379 e. The predicted octanol–water partition coefficient (Wildman–Crippen LogP) is 4.51. The zero-order chi connectivity index (χ0) is 13.3. The summed E-state index contributed by atoms with van der Waals surface area (Å²) < 4.78 is 1.08. The molecule has 0 aliphatic rings. The second kappa shape index (κ2) is 9.31. The summed E-state index contributed by atoms with van der Waals surface area (Å²) >= 11 is 4.77. The summed E-state index contributed by atoms with van der Waals surface area (Å²) in [4.78, 5) is 0. The summed E-state index contributed by atoms with van der Waals surface area (Å²) in [6, 6.07) is 8.15. The van der Waals surface area contributed by atoms with Crippen LogP contribution in [0.25, 0.3) is 5.57 Å². The summed E-state index contributed by atoms with van der Waals surface area (Å²) in [5.41, 5.74) is 7.64. The normalized spacial score (nSPS) is 10.5. The van der Waals surface area contributed by atoms with Crippen LogP contribution in [-0.4, -0.2) is 10.9 Å². The molecule has 94 valence electrons. The number of allylic oxidation sites excluding steroid dienone is 1. The molecule has 3 N–H and O–H groups in total. The lowest BCUT2D eigenvalue weighted by atomic mass is 10.1. The van der Waals surface area contributed by atoms with E-state index < -0.39 is 0 Å². The Labute approximate surface area is 116 Å². The lowest BCUT2D eigenvalue weighted by molar-refractivity contribution is 1.50. The van der Waals surface area contributed by atoms with Crippen LogP contribution in [0.3, 0.4) is 0 Å². The summed E-state index contributed by atoms with van der Waals surface area (Å²) in [6.45, 7) is 6.06. The number of rotatable bonds is 3. The lowest BCUT2D eigenvalue weighted by Gasteiger charge is -2.02. The van der Waals surface area contributed by atoms with Crippen molar-refractivity contribution in [1.29, 1.82) is 5.41 Å². The zero-order valence-electron chi connectivity index (χ0n) is 10.5. The van der Waals surface area contributed by atoms with Gasteiger partial charge in [0, 0.05) is 10.2 Å². The highest BCUT2D eigenvalue weighted by Crippen LogP contribution is 2.19. The Kier molecular flexibility index (Phi) is 8.90. The van der Waals surface area contributed by atoms with Crippen molar-refractivity contribution in [2.45, 2.75) is 20.8 Å². The highest BCUT2D eigenvalue weighted by Gasteiger charge is 1.96. The van der Waals surface area contributed by atoms with E-state index in [4.69, 9.17) is 11.1 Å². The molecule has 0 saturated carbocycles. The van der Waals surface area contributed by atoms with Crippen LogP contribution in [0.15, 0.2) is 34.8 Å². The van der Waals surface area contributed by atoms with Gasteiger partial charge in [-0.25, -0.2) is 0 Å². The van der Waals surface area contributed by atoms with E-state index in [-0.39, 0.29) is 5.17 Å². The highest BCUT2D eigenvalue weighted by atomic mass is 79.9. The van der Waals surface area contributed by atoms with Gasteiger partial charge in [-0.05, 0) is 30.2 Å². The quantitative estimate of drug-likeness (QED) is 0.637. The van der Waals surface area contributed by atoms with Crippen molar-refractivity contribution in [2.24, 2.45) is 5.73 Å². The molecule has 0 saturated heterocycles. The zero-order valence-corrected chi connectivity index (χ0v) is 12.9. The molecule has 0 aliphatic heterocycles. The number of amidine groups is 1. The van der Waals surface area contributed by atoms with Gasteiger partial charge in [-0.3, -0.25) is 5.41 Å². The van der Waals surface area contributed by atoms with E-state index in [9.17, 15) is 0 Å².